The predicted octanol–water partition coefficient (Wildman–Crippen LogP) is 4.62. The zero-order chi connectivity index (χ0) is 24.1. The smallest absolute Gasteiger partial charge is 0.253 e. The van der Waals surface area contributed by atoms with Crippen LogP contribution in [0.25, 0.3) is 11.0 Å². The molecule has 1 saturated heterocycles. The molecule has 198 valence electrons. The molecule has 0 atom stereocenters. The third-order valence-corrected chi connectivity index (χ3v) is 6.15. The summed E-state index contributed by atoms with van der Waals surface area (Å²) >= 11 is 0. The Kier molecular flexibility index (Phi) is 11.0. The first kappa shape index (κ1) is 29.4. The number of halogens is 2. The number of fused-ring (bicyclic) bond motifs is 1. The zero-order valence-corrected chi connectivity index (χ0v) is 22.5. The highest BCUT2D eigenvalue weighted by atomic mass is 35.5. The third-order valence-electron chi connectivity index (χ3n) is 6.15. The van der Waals surface area contributed by atoms with E-state index in [4.69, 9.17) is 24.9 Å². The number of rotatable bonds is 9. The average molecular weight is 540 g/mol. The van der Waals surface area contributed by atoms with E-state index in [-0.39, 0.29) is 30.7 Å². The summed E-state index contributed by atoms with van der Waals surface area (Å²) in [5.41, 5.74) is 8.94. The van der Waals surface area contributed by atoms with Gasteiger partial charge in [0, 0.05) is 43.0 Å². The van der Waals surface area contributed by atoms with Gasteiger partial charge in [0.25, 0.3) is 5.91 Å². The largest absolute Gasteiger partial charge is 0.493 e. The molecule has 2 heterocycles. The number of anilines is 2. The number of nitrogens with two attached hydrogens (primary N) is 1. The van der Waals surface area contributed by atoms with Gasteiger partial charge in [0.05, 0.1) is 32.4 Å². The lowest BCUT2D eigenvalue weighted by Gasteiger charge is -2.26. The molecule has 0 spiro atoms. The van der Waals surface area contributed by atoms with Crippen LogP contribution in [0.15, 0.2) is 30.3 Å². The van der Waals surface area contributed by atoms with Gasteiger partial charge in [-0.25, -0.2) is 4.98 Å². The number of aryl methyl sites for hydroxylation is 1. The number of benzene rings is 2. The lowest BCUT2D eigenvalue weighted by atomic mass is 10.1. The quantitative estimate of drug-likeness (QED) is 0.408. The number of nitrogens with one attached hydrogen (secondary N) is 1. The maximum atomic E-state index is 13.1. The number of likely N-dealkylation sites (tertiary alicyclic amines) is 1. The van der Waals surface area contributed by atoms with Gasteiger partial charge in [0.1, 0.15) is 0 Å². The van der Waals surface area contributed by atoms with Gasteiger partial charge < -0.3 is 34.7 Å². The first-order chi connectivity index (χ1) is 16.6. The number of amides is 1. The van der Waals surface area contributed by atoms with Crippen LogP contribution in [0.1, 0.15) is 36.0 Å². The summed E-state index contributed by atoms with van der Waals surface area (Å²) in [5.74, 6) is 2.34. The Morgan fingerprint density at radius 1 is 1.00 bits per heavy atom. The van der Waals surface area contributed by atoms with Crippen LogP contribution < -0.4 is 25.3 Å². The first-order valence-corrected chi connectivity index (χ1v) is 11.7. The number of carbonyl (C=O) groups is 1. The number of ether oxygens (including phenoxy) is 3. The van der Waals surface area contributed by atoms with E-state index in [1.165, 1.54) is 6.42 Å². The molecule has 3 aromatic rings. The van der Waals surface area contributed by atoms with Crippen LogP contribution in [-0.4, -0.2) is 61.3 Å². The third kappa shape index (κ3) is 6.08. The molecule has 1 aromatic heterocycles. The summed E-state index contributed by atoms with van der Waals surface area (Å²) in [6.07, 6.45) is 4.08. The van der Waals surface area contributed by atoms with E-state index in [0.717, 1.165) is 49.1 Å². The summed E-state index contributed by atoms with van der Waals surface area (Å²) in [4.78, 5) is 19.8. The zero-order valence-electron chi connectivity index (χ0n) is 20.9. The van der Waals surface area contributed by atoms with E-state index in [0.29, 0.717) is 41.8 Å². The SMILES string of the molecule is COc1cc(Nc2nc3ccc(C(=O)N4CCCCC4)cc3n2CCCN)cc(OC)c1OC.Cl.Cl. The average Bonchev–Trinajstić information content (AvgIpc) is 3.22. The minimum absolute atomic E-state index is 0. The highest BCUT2D eigenvalue weighted by Gasteiger charge is 2.21. The predicted molar refractivity (Wildman–Crippen MR) is 147 cm³/mol. The van der Waals surface area contributed by atoms with Crippen LogP contribution in [-0.2, 0) is 6.54 Å². The fraction of sp³-hybridized carbons (Fsp3) is 0.440. The summed E-state index contributed by atoms with van der Waals surface area (Å²) in [7, 11) is 4.74. The van der Waals surface area contributed by atoms with Gasteiger partial charge in [-0.15, -0.1) is 24.8 Å². The normalized spacial score (nSPS) is 12.9. The number of carbonyl (C=O) groups excluding carboxylic acids is 1. The lowest BCUT2D eigenvalue weighted by molar-refractivity contribution is 0.0724. The molecule has 9 nitrogen and oxygen atoms in total. The van der Waals surface area contributed by atoms with E-state index in [1.807, 2.05) is 35.2 Å². The molecular formula is C25H35Cl2N5O4. The number of imidazole rings is 1. The van der Waals surface area contributed by atoms with Crippen LogP contribution in [0.4, 0.5) is 11.6 Å². The molecule has 3 N–H and O–H groups in total. The maximum absolute atomic E-state index is 13.1. The molecule has 2 aromatic carbocycles. The van der Waals surface area contributed by atoms with Gasteiger partial charge in [-0.1, -0.05) is 0 Å². The van der Waals surface area contributed by atoms with Gasteiger partial charge in [-0.05, 0) is 50.4 Å². The molecule has 0 aliphatic carbocycles. The minimum atomic E-state index is 0. The van der Waals surface area contributed by atoms with Crippen molar-refractivity contribution in [1.82, 2.24) is 14.5 Å². The first-order valence-electron chi connectivity index (χ1n) is 11.7. The van der Waals surface area contributed by atoms with Gasteiger partial charge in [-0.3, -0.25) is 4.79 Å². The molecule has 1 fully saturated rings. The highest BCUT2D eigenvalue weighted by Crippen LogP contribution is 2.40. The van der Waals surface area contributed by atoms with Crippen molar-refractivity contribution < 1.29 is 19.0 Å². The Morgan fingerprint density at radius 2 is 1.67 bits per heavy atom. The molecule has 36 heavy (non-hydrogen) atoms. The molecule has 0 radical (unpaired) electrons. The van der Waals surface area contributed by atoms with E-state index >= 15 is 0 Å². The molecule has 11 heteroatoms. The Labute approximate surface area is 224 Å². The molecule has 1 aliphatic heterocycles. The Bertz CT molecular complexity index is 1140. The van der Waals surface area contributed by atoms with Crippen molar-refractivity contribution in [2.24, 2.45) is 5.73 Å². The number of hydrogen-bond acceptors (Lipinski definition) is 7. The fourth-order valence-electron chi connectivity index (χ4n) is 4.39. The standard InChI is InChI=1S/C25H33N5O4.2ClH/c1-32-21-15-18(16-22(33-2)23(21)34-3)27-25-28-19-9-8-17(14-20(19)30(25)13-7-10-26)24(31)29-11-5-4-6-12-29;;/h8-9,14-16H,4-7,10-13,26H2,1-3H3,(H,27,28);2*1H. The lowest BCUT2D eigenvalue weighted by Crippen LogP contribution is -2.35. The molecule has 4 rings (SSSR count). The van der Waals surface area contributed by atoms with E-state index in [9.17, 15) is 4.79 Å². The second kappa shape index (κ2) is 13.4. The molecule has 1 aliphatic rings. The van der Waals surface area contributed by atoms with Gasteiger partial charge in [-0.2, -0.15) is 0 Å². The van der Waals surface area contributed by atoms with Crippen molar-refractivity contribution in [2.75, 3.05) is 46.3 Å². The van der Waals surface area contributed by atoms with Crippen molar-refractivity contribution in [2.45, 2.75) is 32.2 Å². The summed E-state index contributed by atoms with van der Waals surface area (Å²) < 4.78 is 18.5. The van der Waals surface area contributed by atoms with Crippen molar-refractivity contribution in [1.29, 1.82) is 0 Å². The maximum Gasteiger partial charge on any atom is 0.253 e. The molecule has 0 saturated carbocycles. The number of aromatic nitrogens is 2. The number of nitrogens with zero attached hydrogens (tertiary/aromatic N) is 3. The van der Waals surface area contributed by atoms with Gasteiger partial charge in [0.15, 0.2) is 11.5 Å². The number of methoxy groups -OCH3 is 3. The summed E-state index contributed by atoms with van der Waals surface area (Å²) in [6.45, 7) is 2.85. The Hall–Kier alpha value is -2.88. The van der Waals surface area contributed by atoms with Gasteiger partial charge in [0.2, 0.25) is 11.7 Å². The summed E-state index contributed by atoms with van der Waals surface area (Å²) in [5, 5.41) is 3.38. The van der Waals surface area contributed by atoms with Crippen molar-refractivity contribution in [3.63, 3.8) is 0 Å². The van der Waals surface area contributed by atoms with Crippen molar-refractivity contribution in [3.05, 3.63) is 35.9 Å². The molecule has 0 unspecified atom stereocenters. The van der Waals surface area contributed by atoms with Gasteiger partial charge >= 0.3 is 0 Å². The van der Waals surface area contributed by atoms with E-state index in [2.05, 4.69) is 9.88 Å². The van der Waals surface area contributed by atoms with Crippen LogP contribution in [0.3, 0.4) is 0 Å². The van der Waals surface area contributed by atoms with Crippen LogP contribution in [0, 0.1) is 0 Å². The van der Waals surface area contributed by atoms with Crippen molar-refractivity contribution >= 4 is 53.4 Å². The minimum Gasteiger partial charge on any atom is -0.493 e. The second-order valence-corrected chi connectivity index (χ2v) is 8.32. The molecule has 1 amide bonds. The Morgan fingerprint density at radius 3 is 2.25 bits per heavy atom. The van der Waals surface area contributed by atoms with Crippen LogP contribution >= 0.6 is 24.8 Å². The summed E-state index contributed by atoms with van der Waals surface area (Å²) in [6, 6.07) is 9.38. The van der Waals surface area contributed by atoms with E-state index < -0.39 is 0 Å². The second-order valence-electron chi connectivity index (χ2n) is 8.32. The van der Waals surface area contributed by atoms with Crippen LogP contribution in [0.5, 0.6) is 17.2 Å². The Balaban J connectivity index is 0.00000228. The highest BCUT2D eigenvalue weighted by molar-refractivity contribution is 5.98. The topological polar surface area (TPSA) is 104 Å². The fourth-order valence-corrected chi connectivity index (χ4v) is 4.39. The van der Waals surface area contributed by atoms with Crippen LogP contribution in [0.2, 0.25) is 0 Å². The monoisotopic (exact) mass is 539 g/mol. The number of hydrogen-bond donors (Lipinski definition) is 2. The van der Waals surface area contributed by atoms with Crippen molar-refractivity contribution in [3.8, 4) is 17.2 Å². The number of piperidine rings is 1. The molecule has 0 bridgehead atoms. The van der Waals surface area contributed by atoms with E-state index in [1.54, 1.807) is 21.3 Å². The molecular weight excluding hydrogens is 505 g/mol.